The van der Waals surface area contributed by atoms with Crippen molar-refractivity contribution in [2.75, 3.05) is 11.9 Å². The second kappa shape index (κ2) is 6.42. The molecule has 0 aliphatic carbocycles. The summed E-state index contributed by atoms with van der Waals surface area (Å²) in [6.07, 6.45) is 0.980. The quantitative estimate of drug-likeness (QED) is 0.825. The van der Waals surface area contributed by atoms with Crippen LogP contribution in [0.2, 0.25) is 0 Å². The fourth-order valence-corrected chi connectivity index (χ4v) is 1.35. The third kappa shape index (κ3) is 4.59. The topological polar surface area (TPSA) is 47.0 Å². The van der Waals surface area contributed by atoms with Crippen LogP contribution in [0.25, 0.3) is 0 Å². The molecule has 1 aromatic rings. The maximum Gasteiger partial charge on any atom is 0.218 e. The lowest BCUT2D eigenvalue weighted by molar-refractivity contribution is 0.303. The van der Waals surface area contributed by atoms with Gasteiger partial charge in [0.1, 0.15) is 11.6 Å². The van der Waals surface area contributed by atoms with Crippen LogP contribution in [0.1, 0.15) is 52.8 Å². The molecule has 0 amide bonds. The Morgan fingerprint density at radius 2 is 1.94 bits per heavy atom. The highest BCUT2D eigenvalue weighted by atomic mass is 16.5. The van der Waals surface area contributed by atoms with Gasteiger partial charge in [-0.05, 0) is 20.3 Å². The lowest BCUT2D eigenvalue weighted by Gasteiger charge is -2.13. The number of nitrogens with one attached hydrogen (secondary N) is 1. The van der Waals surface area contributed by atoms with E-state index in [1.165, 1.54) is 0 Å². The van der Waals surface area contributed by atoms with Crippen LogP contribution in [0.4, 0.5) is 5.82 Å². The molecular weight excluding hydrogens is 214 g/mol. The molecule has 1 rings (SSSR count). The van der Waals surface area contributed by atoms with E-state index < -0.39 is 0 Å². The molecule has 0 aliphatic rings. The zero-order valence-corrected chi connectivity index (χ0v) is 11.4. The summed E-state index contributed by atoms with van der Waals surface area (Å²) in [4.78, 5) is 8.88. The first-order valence-corrected chi connectivity index (χ1v) is 6.31. The standard InChI is InChI=1S/C13H23N3O/c1-6-7-17-12-8-11(14-10(4)5)15-13(16-12)9(2)3/h8-10H,6-7H2,1-5H3,(H,14,15,16). The third-order valence-electron chi connectivity index (χ3n) is 2.13. The minimum absolute atomic E-state index is 0.299. The van der Waals surface area contributed by atoms with Gasteiger partial charge in [-0.25, -0.2) is 4.98 Å². The predicted molar refractivity (Wildman–Crippen MR) is 70.7 cm³/mol. The van der Waals surface area contributed by atoms with E-state index >= 15 is 0 Å². The summed E-state index contributed by atoms with van der Waals surface area (Å²) in [5.41, 5.74) is 0. The third-order valence-corrected chi connectivity index (χ3v) is 2.13. The van der Waals surface area contributed by atoms with E-state index in [4.69, 9.17) is 4.74 Å². The SMILES string of the molecule is CCCOc1cc(NC(C)C)nc(C(C)C)n1. The Hall–Kier alpha value is -1.32. The lowest BCUT2D eigenvalue weighted by atomic mass is 10.2. The van der Waals surface area contributed by atoms with Gasteiger partial charge in [0.25, 0.3) is 0 Å². The van der Waals surface area contributed by atoms with E-state index in [-0.39, 0.29) is 0 Å². The van der Waals surface area contributed by atoms with Crippen molar-refractivity contribution in [3.8, 4) is 5.88 Å². The summed E-state index contributed by atoms with van der Waals surface area (Å²) in [6, 6.07) is 2.21. The normalized spacial score (nSPS) is 11.0. The molecule has 17 heavy (non-hydrogen) atoms. The van der Waals surface area contributed by atoms with Crippen LogP contribution >= 0.6 is 0 Å². The molecule has 0 spiro atoms. The van der Waals surface area contributed by atoms with Crippen molar-refractivity contribution < 1.29 is 4.74 Å². The largest absolute Gasteiger partial charge is 0.478 e. The zero-order chi connectivity index (χ0) is 12.8. The molecule has 0 radical (unpaired) electrons. The minimum atomic E-state index is 0.299. The summed E-state index contributed by atoms with van der Waals surface area (Å²) in [6.45, 7) is 11.1. The average Bonchev–Trinajstić information content (AvgIpc) is 2.25. The van der Waals surface area contributed by atoms with Crippen molar-refractivity contribution in [2.45, 2.75) is 53.0 Å². The van der Waals surface area contributed by atoms with Crippen LogP contribution in [0.5, 0.6) is 5.88 Å². The molecule has 4 heteroatoms. The van der Waals surface area contributed by atoms with Crippen molar-refractivity contribution in [1.82, 2.24) is 9.97 Å². The molecule has 0 saturated carbocycles. The van der Waals surface area contributed by atoms with Crippen LogP contribution in [0, 0.1) is 0 Å². The van der Waals surface area contributed by atoms with Crippen molar-refractivity contribution in [1.29, 1.82) is 0 Å². The lowest BCUT2D eigenvalue weighted by Crippen LogP contribution is -2.13. The summed E-state index contributed by atoms with van der Waals surface area (Å²) < 4.78 is 5.58. The van der Waals surface area contributed by atoms with Gasteiger partial charge in [0.05, 0.1) is 6.61 Å². The fraction of sp³-hybridized carbons (Fsp3) is 0.692. The molecule has 0 atom stereocenters. The van der Waals surface area contributed by atoms with Crippen molar-refractivity contribution >= 4 is 5.82 Å². The summed E-state index contributed by atoms with van der Waals surface area (Å²) >= 11 is 0. The highest BCUT2D eigenvalue weighted by Gasteiger charge is 2.09. The maximum atomic E-state index is 5.58. The number of nitrogens with zero attached hydrogens (tertiary/aromatic N) is 2. The Labute approximate surface area is 104 Å². The molecule has 1 aromatic heterocycles. The summed E-state index contributed by atoms with van der Waals surface area (Å²) in [5, 5.41) is 3.29. The smallest absolute Gasteiger partial charge is 0.218 e. The molecule has 0 fully saturated rings. The fourth-order valence-electron chi connectivity index (χ4n) is 1.35. The first kappa shape index (κ1) is 13.7. The average molecular weight is 237 g/mol. The van der Waals surface area contributed by atoms with Gasteiger partial charge in [-0.2, -0.15) is 4.98 Å². The van der Waals surface area contributed by atoms with Crippen LogP contribution in [-0.4, -0.2) is 22.6 Å². The van der Waals surface area contributed by atoms with Gasteiger partial charge in [0.15, 0.2) is 0 Å². The van der Waals surface area contributed by atoms with Gasteiger partial charge < -0.3 is 10.1 Å². The van der Waals surface area contributed by atoms with Crippen molar-refractivity contribution in [2.24, 2.45) is 0 Å². The van der Waals surface area contributed by atoms with E-state index in [9.17, 15) is 0 Å². The van der Waals surface area contributed by atoms with Crippen molar-refractivity contribution in [3.05, 3.63) is 11.9 Å². The second-order valence-electron chi connectivity index (χ2n) is 4.75. The maximum absolute atomic E-state index is 5.58. The first-order chi connectivity index (χ1) is 8.02. The van der Waals surface area contributed by atoms with Gasteiger partial charge >= 0.3 is 0 Å². The van der Waals surface area contributed by atoms with Crippen LogP contribution in [0.3, 0.4) is 0 Å². The predicted octanol–water partition coefficient (Wildman–Crippen LogP) is 3.21. The Kier molecular flexibility index (Phi) is 5.19. The molecule has 0 saturated heterocycles. The van der Waals surface area contributed by atoms with Gasteiger partial charge in [-0.15, -0.1) is 0 Å². The molecule has 0 unspecified atom stereocenters. The molecule has 0 aromatic carbocycles. The van der Waals surface area contributed by atoms with E-state index in [1.807, 2.05) is 6.07 Å². The van der Waals surface area contributed by atoms with E-state index in [0.29, 0.717) is 24.4 Å². The van der Waals surface area contributed by atoms with Crippen LogP contribution in [-0.2, 0) is 0 Å². The molecule has 0 bridgehead atoms. The van der Waals surface area contributed by atoms with E-state index in [1.54, 1.807) is 0 Å². The summed E-state index contributed by atoms with van der Waals surface area (Å²) in [7, 11) is 0. The Morgan fingerprint density at radius 3 is 2.47 bits per heavy atom. The Morgan fingerprint density at radius 1 is 1.24 bits per heavy atom. The number of hydrogen-bond acceptors (Lipinski definition) is 4. The first-order valence-electron chi connectivity index (χ1n) is 6.31. The van der Waals surface area contributed by atoms with Gasteiger partial charge in [0.2, 0.25) is 5.88 Å². The Balaban J connectivity index is 2.92. The van der Waals surface area contributed by atoms with Gasteiger partial charge in [-0.1, -0.05) is 20.8 Å². The number of ether oxygens (including phenoxy) is 1. The molecular formula is C13H23N3O. The number of anilines is 1. The van der Waals surface area contributed by atoms with Crippen molar-refractivity contribution in [3.63, 3.8) is 0 Å². The Bertz CT molecular complexity index is 351. The van der Waals surface area contributed by atoms with Crippen LogP contribution in [0.15, 0.2) is 6.07 Å². The number of hydrogen-bond donors (Lipinski definition) is 1. The highest BCUT2D eigenvalue weighted by molar-refractivity contribution is 5.39. The highest BCUT2D eigenvalue weighted by Crippen LogP contribution is 2.19. The number of rotatable bonds is 6. The van der Waals surface area contributed by atoms with Gasteiger partial charge in [0, 0.05) is 18.0 Å². The molecule has 96 valence electrons. The van der Waals surface area contributed by atoms with E-state index in [0.717, 1.165) is 18.1 Å². The number of aromatic nitrogens is 2. The summed E-state index contributed by atoms with van der Waals surface area (Å²) in [5.74, 6) is 2.62. The second-order valence-corrected chi connectivity index (χ2v) is 4.75. The van der Waals surface area contributed by atoms with Crippen LogP contribution < -0.4 is 10.1 Å². The molecule has 0 aliphatic heterocycles. The molecule has 1 heterocycles. The van der Waals surface area contributed by atoms with E-state index in [2.05, 4.69) is 49.9 Å². The molecule has 1 N–H and O–H groups in total. The zero-order valence-electron chi connectivity index (χ0n) is 11.4. The van der Waals surface area contributed by atoms with Gasteiger partial charge in [-0.3, -0.25) is 0 Å². The monoisotopic (exact) mass is 237 g/mol. The minimum Gasteiger partial charge on any atom is -0.478 e. The molecule has 4 nitrogen and oxygen atoms in total.